The van der Waals surface area contributed by atoms with Gasteiger partial charge in [0.1, 0.15) is 6.54 Å². The third-order valence-corrected chi connectivity index (χ3v) is 9.12. The van der Waals surface area contributed by atoms with Gasteiger partial charge in [-0.1, -0.05) is 36.4 Å². The largest absolute Gasteiger partial charge is 0.504 e. The number of Topliss-reactive ketones (excluding diaryl/α,β-unsaturated/α-hetero) is 1. The molecule has 5 nitrogen and oxygen atoms in total. The van der Waals surface area contributed by atoms with Crippen LogP contribution < -0.4 is 4.74 Å². The molecule has 5 atom stereocenters. The minimum absolute atomic E-state index is 0.189. The van der Waals surface area contributed by atoms with Gasteiger partial charge in [0.15, 0.2) is 23.4 Å². The first kappa shape index (κ1) is 21.2. The number of quaternary nitrogens is 1. The second-order valence-corrected chi connectivity index (χ2v) is 10.7. The van der Waals surface area contributed by atoms with Crippen LogP contribution in [0.15, 0.2) is 42.5 Å². The number of benzene rings is 2. The Labute approximate surface area is 195 Å². The average Bonchev–Trinajstić information content (AvgIpc) is 3.19. The average molecular weight is 449 g/mol. The lowest BCUT2D eigenvalue weighted by molar-refractivity contribution is -0.945. The Morgan fingerprint density at radius 1 is 1.18 bits per heavy atom. The smallest absolute Gasteiger partial charge is 0.174 e. The number of hydrogen-bond donors (Lipinski definition) is 1. The molecule has 0 radical (unpaired) electrons. The fourth-order valence-electron chi connectivity index (χ4n) is 7.47. The molecule has 2 aromatic carbocycles. The van der Waals surface area contributed by atoms with Crippen molar-refractivity contribution in [1.82, 2.24) is 0 Å². The molecule has 2 fully saturated rings. The third kappa shape index (κ3) is 3.16. The number of phenols is 1. The molecular formula is C28H34NO4+. The summed E-state index contributed by atoms with van der Waals surface area (Å²) in [6, 6.07) is 14.9. The van der Waals surface area contributed by atoms with Crippen LogP contribution in [0.2, 0.25) is 0 Å². The number of likely N-dealkylation sites (N-methyl/N-ethyl adjacent to an activating group) is 1. The van der Waals surface area contributed by atoms with Crippen molar-refractivity contribution in [3.05, 3.63) is 59.2 Å². The van der Waals surface area contributed by atoms with E-state index in [0.29, 0.717) is 24.1 Å². The van der Waals surface area contributed by atoms with E-state index in [4.69, 9.17) is 9.47 Å². The van der Waals surface area contributed by atoms with E-state index in [9.17, 15) is 9.90 Å². The van der Waals surface area contributed by atoms with E-state index in [1.54, 1.807) is 6.07 Å². The Morgan fingerprint density at radius 2 is 2.03 bits per heavy atom. The predicted molar refractivity (Wildman–Crippen MR) is 126 cm³/mol. The van der Waals surface area contributed by atoms with Crippen LogP contribution in [0, 0.1) is 5.92 Å². The molecule has 4 aliphatic rings. The topological polar surface area (TPSA) is 55.8 Å². The van der Waals surface area contributed by atoms with Crippen molar-refractivity contribution in [2.24, 2.45) is 5.92 Å². The fourth-order valence-corrected chi connectivity index (χ4v) is 7.47. The first-order valence-electron chi connectivity index (χ1n) is 12.5. The number of piperidine rings is 1. The second kappa shape index (κ2) is 7.85. The van der Waals surface area contributed by atoms with Gasteiger partial charge in [-0.3, -0.25) is 4.79 Å². The zero-order valence-corrected chi connectivity index (χ0v) is 19.5. The van der Waals surface area contributed by atoms with Crippen LogP contribution in [0.5, 0.6) is 11.5 Å². The van der Waals surface area contributed by atoms with Crippen molar-refractivity contribution in [3.8, 4) is 11.5 Å². The predicted octanol–water partition coefficient (Wildman–Crippen LogP) is 3.79. The van der Waals surface area contributed by atoms with Gasteiger partial charge in [0, 0.05) is 37.4 Å². The maximum absolute atomic E-state index is 12.9. The highest BCUT2D eigenvalue weighted by Gasteiger charge is 2.69. The number of likely N-dealkylation sites (tertiary alicyclic amines) is 1. The first-order chi connectivity index (χ1) is 16.0. The number of rotatable bonds is 7. The zero-order chi connectivity index (χ0) is 22.6. The molecule has 1 saturated carbocycles. The number of carbonyl (C=O) groups is 1. The number of phenolic OH excluding ortho intramolecular Hbond substituents is 1. The number of hydrogen-bond acceptors (Lipinski definition) is 4. The van der Waals surface area contributed by atoms with Crippen LogP contribution in [0.1, 0.15) is 42.4 Å². The molecule has 2 aromatic rings. The summed E-state index contributed by atoms with van der Waals surface area (Å²) in [7, 11) is 2.39. The van der Waals surface area contributed by atoms with Crippen molar-refractivity contribution in [3.63, 3.8) is 0 Å². The molecule has 0 aromatic heterocycles. The number of carbonyl (C=O) groups excluding carboxylic acids is 1. The molecule has 1 spiro atoms. The van der Waals surface area contributed by atoms with Crippen molar-refractivity contribution < 1.29 is 23.9 Å². The number of nitrogens with zero attached hydrogens (tertiary/aromatic N) is 1. The van der Waals surface area contributed by atoms with Crippen LogP contribution in [0.4, 0.5) is 0 Å². The van der Waals surface area contributed by atoms with Crippen molar-refractivity contribution in [2.75, 3.05) is 33.4 Å². The minimum Gasteiger partial charge on any atom is -0.504 e. The van der Waals surface area contributed by atoms with Gasteiger partial charge in [-0.25, -0.2) is 0 Å². The molecule has 5 heteroatoms. The SMILES string of the molecule is C[N@@+]1(CCOCCCc2ccccc2)CC[C@]23c4c5ccc(O)c4O[C@H]2C(=O)CC[C@H]3[C@H]1C5. The van der Waals surface area contributed by atoms with Crippen LogP contribution >= 0.6 is 0 Å². The summed E-state index contributed by atoms with van der Waals surface area (Å²) < 4.78 is 13.3. The van der Waals surface area contributed by atoms with Gasteiger partial charge >= 0.3 is 0 Å². The fraction of sp³-hybridized carbons (Fsp3) is 0.536. The van der Waals surface area contributed by atoms with Gasteiger partial charge in [-0.05, 0) is 36.5 Å². The Hall–Kier alpha value is -2.37. The highest BCUT2D eigenvalue weighted by Crippen LogP contribution is 2.63. The monoisotopic (exact) mass is 448 g/mol. The standard InChI is InChI=1S/C28H33NO4/c1-29(15-17-32-16-5-8-19-6-3-2-4-7-19)14-13-28-21-10-12-24(31)27(28)33-26-23(30)11-9-20(25(26)28)18-22(21)29/h2-4,6-7,9,11,21-22,27H,5,8,10,12-18H2,1H3/p+1/t21-,22+,27-,28-,29-/m0/s1. The molecule has 2 aliphatic carbocycles. The Morgan fingerprint density at radius 3 is 2.88 bits per heavy atom. The molecule has 1 saturated heterocycles. The van der Waals surface area contributed by atoms with E-state index in [1.165, 1.54) is 11.1 Å². The van der Waals surface area contributed by atoms with Crippen molar-refractivity contribution in [2.45, 2.75) is 56.1 Å². The summed E-state index contributed by atoms with van der Waals surface area (Å²) in [5.74, 6) is 1.42. The Balaban J connectivity index is 1.17. The van der Waals surface area contributed by atoms with Crippen LogP contribution in [-0.2, 0) is 27.8 Å². The lowest BCUT2D eigenvalue weighted by atomic mass is 9.51. The molecular weight excluding hydrogens is 414 g/mol. The first-order valence-corrected chi connectivity index (χ1v) is 12.5. The molecule has 1 N–H and O–H groups in total. The zero-order valence-electron chi connectivity index (χ0n) is 19.5. The van der Waals surface area contributed by atoms with E-state index in [0.717, 1.165) is 68.5 Å². The summed E-state index contributed by atoms with van der Waals surface area (Å²) in [5, 5.41) is 10.5. The number of ether oxygens (including phenoxy) is 2. The quantitative estimate of drug-likeness (QED) is 0.517. The van der Waals surface area contributed by atoms with Gasteiger partial charge in [-0.15, -0.1) is 0 Å². The molecule has 2 bridgehead atoms. The third-order valence-electron chi connectivity index (χ3n) is 9.12. The van der Waals surface area contributed by atoms with E-state index in [1.807, 2.05) is 0 Å². The maximum atomic E-state index is 12.9. The van der Waals surface area contributed by atoms with Gasteiger partial charge < -0.3 is 19.1 Å². The number of aryl methyl sites for hydroxylation is 1. The van der Waals surface area contributed by atoms with E-state index in [2.05, 4.69) is 43.4 Å². The van der Waals surface area contributed by atoms with Crippen LogP contribution in [0.3, 0.4) is 0 Å². The highest BCUT2D eigenvalue weighted by molar-refractivity contribution is 5.89. The summed E-state index contributed by atoms with van der Waals surface area (Å²) in [6.07, 6.45) is 5.15. The lowest BCUT2D eigenvalue weighted by Gasteiger charge is -2.60. The van der Waals surface area contributed by atoms with E-state index in [-0.39, 0.29) is 16.9 Å². The van der Waals surface area contributed by atoms with Crippen molar-refractivity contribution >= 4 is 5.78 Å². The normalized spacial score (nSPS) is 33.5. The van der Waals surface area contributed by atoms with Gasteiger partial charge in [0.05, 0.1) is 31.7 Å². The number of aromatic hydroxyl groups is 1. The van der Waals surface area contributed by atoms with Gasteiger partial charge in [-0.2, -0.15) is 0 Å². The highest BCUT2D eigenvalue weighted by atomic mass is 16.5. The van der Waals surface area contributed by atoms with E-state index >= 15 is 0 Å². The number of ketones is 1. The molecule has 0 amide bonds. The molecule has 2 heterocycles. The van der Waals surface area contributed by atoms with Crippen LogP contribution in [-0.4, -0.2) is 60.9 Å². The van der Waals surface area contributed by atoms with Crippen LogP contribution in [0.25, 0.3) is 0 Å². The molecule has 0 unspecified atom stereocenters. The van der Waals surface area contributed by atoms with E-state index < -0.39 is 6.10 Å². The minimum atomic E-state index is -0.413. The lowest BCUT2D eigenvalue weighted by Crippen LogP contribution is -2.72. The van der Waals surface area contributed by atoms with Gasteiger partial charge in [0.2, 0.25) is 0 Å². The van der Waals surface area contributed by atoms with Crippen molar-refractivity contribution in [1.29, 1.82) is 0 Å². The Kier molecular flexibility index (Phi) is 5.04. The molecule has 6 rings (SSSR count). The van der Waals surface area contributed by atoms with Gasteiger partial charge in [0.25, 0.3) is 0 Å². The Bertz CT molecular complexity index is 1070. The molecule has 2 aliphatic heterocycles. The summed E-state index contributed by atoms with van der Waals surface area (Å²) in [4.78, 5) is 12.9. The molecule has 174 valence electrons. The summed E-state index contributed by atoms with van der Waals surface area (Å²) in [6.45, 7) is 3.59. The summed E-state index contributed by atoms with van der Waals surface area (Å²) in [5.41, 5.74) is 3.56. The second-order valence-electron chi connectivity index (χ2n) is 10.7. The maximum Gasteiger partial charge on any atom is 0.174 e. The summed E-state index contributed by atoms with van der Waals surface area (Å²) >= 11 is 0. The molecule has 33 heavy (non-hydrogen) atoms.